The Bertz CT molecular complexity index is 1480. The number of benzene rings is 1. The number of hydrogen-bond acceptors (Lipinski definition) is 6. The molecule has 3 aromatic heterocycles. The van der Waals surface area contributed by atoms with Crippen LogP contribution in [0.25, 0.3) is 21.0 Å². The third kappa shape index (κ3) is 3.91. The molecular formula is C22H21ClN4O4S2. The van der Waals surface area contributed by atoms with E-state index in [9.17, 15) is 18.3 Å². The lowest BCUT2D eigenvalue weighted by Crippen LogP contribution is -2.58. The summed E-state index contributed by atoms with van der Waals surface area (Å²) in [5.41, 5.74) is 1.86. The summed E-state index contributed by atoms with van der Waals surface area (Å²) in [6, 6.07) is 10.00. The SMILES string of the molecule is Cn1c(CN2C(=O)CN(S(=O)(=O)c3cc4ccc(Cl)cc4s3)CC2CO)cc2cnccc21. The minimum atomic E-state index is -3.90. The quantitative estimate of drug-likeness (QED) is 0.451. The number of aryl methyl sites for hydroxylation is 1. The summed E-state index contributed by atoms with van der Waals surface area (Å²) in [6.45, 7) is -0.333. The maximum atomic E-state index is 13.3. The Balaban J connectivity index is 1.41. The van der Waals surface area contributed by atoms with Crippen molar-refractivity contribution in [3.63, 3.8) is 0 Å². The highest BCUT2D eigenvalue weighted by Gasteiger charge is 2.39. The number of carbonyl (C=O) groups excluding carboxylic acids is 1. The molecule has 0 aliphatic carbocycles. The number of amides is 1. The number of hydrogen-bond donors (Lipinski definition) is 1. The lowest BCUT2D eigenvalue weighted by atomic mass is 10.2. The van der Waals surface area contributed by atoms with E-state index in [1.54, 1.807) is 41.6 Å². The van der Waals surface area contributed by atoms with Crippen molar-refractivity contribution in [3.05, 3.63) is 59.5 Å². The van der Waals surface area contributed by atoms with Crippen molar-refractivity contribution in [2.75, 3.05) is 19.7 Å². The Morgan fingerprint density at radius 1 is 1.21 bits per heavy atom. The fraction of sp³-hybridized carbons (Fsp3) is 0.273. The zero-order valence-electron chi connectivity index (χ0n) is 17.7. The smallest absolute Gasteiger partial charge is 0.253 e. The molecule has 0 saturated carbocycles. The van der Waals surface area contributed by atoms with Gasteiger partial charge in [-0.25, -0.2) is 8.42 Å². The van der Waals surface area contributed by atoms with E-state index >= 15 is 0 Å². The lowest BCUT2D eigenvalue weighted by molar-refractivity contribution is -0.139. The average molecular weight is 505 g/mol. The van der Waals surface area contributed by atoms with Gasteiger partial charge in [-0.3, -0.25) is 9.78 Å². The summed E-state index contributed by atoms with van der Waals surface area (Å²) < 4.78 is 30.7. The molecule has 4 aromatic rings. The third-order valence-corrected chi connectivity index (χ3v) is 9.62. The molecule has 11 heteroatoms. The van der Waals surface area contributed by atoms with E-state index < -0.39 is 16.1 Å². The molecule has 5 rings (SSSR count). The van der Waals surface area contributed by atoms with Crippen LogP contribution < -0.4 is 0 Å². The molecule has 1 N–H and O–H groups in total. The zero-order chi connectivity index (χ0) is 23.3. The van der Waals surface area contributed by atoms with Gasteiger partial charge in [-0.05, 0) is 35.7 Å². The van der Waals surface area contributed by atoms with Gasteiger partial charge in [0.05, 0.1) is 31.3 Å². The van der Waals surface area contributed by atoms with Crippen LogP contribution in [0.4, 0.5) is 0 Å². The molecular weight excluding hydrogens is 484 g/mol. The van der Waals surface area contributed by atoms with Crippen LogP contribution in [0.1, 0.15) is 5.69 Å². The number of carbonyl (C=O) groups is 1. The largest absolute Gasteiger partial charge is 0.394 e. The highest BCUT2D eigenvalue weighted by atomic mass is 35.5. The minimum absolute atomic E-state index is 0.0189. The molecule has 33 heavy (non-hydrogen) atoms. The first kappa shape index (κ1) is 22.3. The summed E-state index contributed by atoms with van der Waals surface area (Å²) in [7, 11) is -1.99. The van der Waals surface area contributed by atoms with Crippen molar-refractivity contribution < 1.29 is 18.3 Å². The summed E-state index contributed by atoms with van der Waals surface area (Å²) in [4.78, 5) is 18.8. The number of nitrogens with zero attached hydrogens (tertiary/aromatic N) is 4. The fourth-order valence-electron chi connectivity index (χ4n) is 4.21. The Hall–Kier alpha value is -2.50. The number of thiophene rings is 1. The van der Waals surface area contributed by atoms with Gasteiger partial charge in [0, 0.05) is 46.8 Å². The first-order valence-electron chi connectivity index (χ1n) is 10.3. The van der Waals surface area contributed by atoms with Crippen molar-refractivity contribution in [2.45, 2.75) is 16.8 Å². The third-order valence-electron chi connectivity index (χ3n) is 6.03. The molecule has 0 spiro atoms. The van der Waals surface area contributed by atoms with Crippen LogP contribution in [-0.2, 0) is 28.4 Å². The predicted octanol–water partition coefficient (Wildman–Crippen LogP) is 2.84. The van der Waals surface area contributed by atoms with Crippen LogP contribution in [-0.4, -0.2) is 63.9 Å². The van der Waals surface area contributed by atoms with Gasteiger partial charge >= 0.3 is 0 Å². The van der Waals surface area contributed by atoms with E-state index in [0.717, 1.165) is 42.3 Å². The highest BCUT2D eigenvalue weighted by Crippen LogP contribution is 2.33. The van der Waals surface area contributed by atoms with Crippen molar-refractivity contribution in [1.82, 2.24) is 18.8 Å². The van der Waals surface area contributed by atoms with E-state index in [1.165, 1.54) is 0 Å². The average Bonchev–Trinajstić information content (AvgIpc) is 3.36. The number of pyridine rings is 1. The minimum Gasteiger partial charge on any atom is -0.394 e. The van der Waals surface area contributed by atoms with Gasteiger partial charge in [-0.15, -0.1) is 11.3 Å². The molecule has 1 saturated heterocycles. The number of rotatable bonds is 5. The number of aliphatic hydroxyl groups excluding tert-OH is 1. The Kier molecular flexibility index (Phi) is 5.66. The second kappa shape index (κ2) is 8.37. The van der Waals surface area contributed by atoms with Gasteiger partial charge < -0.3 is 14.6 Å². The Morgan fingerprint density at radius 2 is 2.03 bits per heavy atom. The van der Waals surface area contributed by atoms with Gasteiger partial charge in [-0.2, -0.15) is 4.31 Å². The maximum Gasteiger partial charge on any atom is 0.253 e. The van der Waals surface area contributed by atoms with Gasteiger partial charge in [0.25, 0.3) is 10.0 Å². The topological polar surface area (TPSA) is 95.7 Å². The van der Waals surface area contributed by atoms with Crippen LogP contribution in [0.3, 0.4) is 0 Å². The zero-order valence-corrected chi connectivity index (χ0v) is 20.1. The van der Waals surface area contributed by atoms with Crippen molar-refractivity contribution in [1.29, 1.82) is 0 Å². The summed E-state index contributed by atoms with van der Waals surface area (Å²) in [5, 5.41) is 12.3. The molecule has 1 fully saturated rings. The maximum absolute atomic E-state index is 13.3. The predicted molar refractivity (Wildman–Crippen MR) is 128 cm³/mol. The van der Waals surface area contributed by atoms with Crippen LogP contribution in [0.15, 0.2) is 53.0 Å². The van der Waals surface area contributed by atoms with Crippen LogP contribution in [0.5, 0.6) is 0 Å². The molecule has 0 radical (unpaired) electrons. The van der Waals surface area contributed by atoms with Gasteiger partial charge in [0.1, 0.15) is 4.21 Å². The molecule has 172 valence electrons. The Labute approximate surface area is 199 Å². The first-order chi connectivity index (χ1) is 15.8. The monoisotopic (exact) mass is 504 g/mol. The molecule has 1 aliphatic rings. The standard InChI is InChI=1S/C22H21ClN4O4S2/c1-25-17(6-15-9-24-5-4-19(15)25)11-27-18(13-28)10-26(12-21(27)29)33(30,31)22-7-14-2-3-16(23)8-20(14)32-22/h2-9,18,28H,10-13H2,1H3. The summed E-state index contributed by atoms with van der Waals surface area (Å²) in [6.07, 6.45) is 3.46. The van der Waals surface area contributed by atoms with E-state index in [4.69, 9.17) is 11.6 Å². The second-order valence-electron chi connectivity index (χ2n) is 8.03. The number of aromatic nitrogens is 2. The van der Waals surface area contributed by atoms with Crippen LogP contribution in [0, 0.1) is 0 Å². The van der Waals surface area contributed by atoms with Gasteiger partial charge in [0.2, 0.25) is 5.91 Å². The normalized spacial score (nSPS) is 18.0. The number of aliphatic hydroxyl groups is 1. The van der Waals surface area contributed by atoms with Crippen LogP contribution in [0.2, 0.25) is 5.02 Å². The molecule has 1 atom stereocenters. The van der Waals surface area contributed by atoms with E-state index in [1.807, 2.05) is 23.7 Å². The lowest BCUT2D eigenvalue weighted by Gasteiger charge is -2.39. The van der Waals surface area contributed by atoms with Gasteiger partial charge in [0.15, 0.2) is 0 Å². The molecule has 4 heterocycles. The molecule has 1 aliphatic heterocycles. The first-order valence-corrected chi connectivity index (χ1v) is 12.9. The van der Waals surface area contributed by atoms with Crippen molar-refractivity contribution >= 4 is 59.9 Å². The van der Waals surface area contributed by atoms with Crippen molar-refractivity contribution in [2.24, 2.45) is 7.05 Å². The van der Waals surface area contributed by atoms with Crippen molar-refractivity contribution in [3.8, 4) is 0 Å². The van der Waals surface area contributed by atoms with Crippen LogP contribution >= 0.6 is 22.9 Å². The number of fused-ring (bicyclic) bond motifs is 2. The molecule has 1 aromatic carbocycles. The highest BCUT2D eigenvalue weighted by molar-refractivity contribution is 7.91. The molecule has 8 nitrogen and oxygen atoms in total. The fourth-order valence-corrected chi connectivity index (χ4v) is 7.46. The summed E-state index contributed by atoms with van der Waals surface area (Å²) >= 11 is 7.15. The number of halogens is 1. The van der Waals surface area contributed by atoms with E-state index in [0.29, 0.717) is 5.02 Å². The molecule has 0 bridgehead atoms. The number of piperazine rings is 1. The molecule has 1 unspecified atom stereocenters. The second-order valence-corrected chi connectivity index (χ2v) is 11.7. The molecule has 1 amide bonds. The van der Waals surface area contributed by atoms with E-state index in [2.05, 4.69) is 4.98 Å². The number of sulfonamides is 1. The Morgan fingerprint density at radius 3 is 2.79 bits per heavy atom. The van der Waals surface area contributed by atoms with E-state index in [-0.39, 0.29) is 36.4 Å². The van der Waals surface area contributed by atoms with Gasteiger partial charge in [-0.1, -0.05) is 17.7 Å². The summed E-state index contributed by atoms with van der Waals surface area (Å²) in [5.74, 6) is -0.351.